The van der Waals surface area contributed by atoms with E-state index in [0.717, 1.165) is 5.56 Å². The van der Waals surface area contributed by atoms with Gasteiger partial charge in [-0.05, 0) is 44.5 Å². The molecule has 76 valence electrons. The van der Waals surface area contributed by atoms with Gasteiger partial charge in [-0.15, -0.1) is 0 Å². The minimum absolute atomic E-state index is 0.0117. The van der Waals surface area contributed by atoms with Crippen molar-refractivity contribution >= 4 is 17.4 Å². The number of halogens is 1. The van der Waals surface area contributed by atoms with Gasteiger partial charge in [-0.1, -0.05) is 11.6 Å². The van der Waals surface area contributed by atoms with Crippen LogP contribution in [-0.4, -0.2) is 11.9 Å². The summed E-state index contributed by atoms with van der Waals surface area (Å²) in [7, 11) is 0. The van der Waals surface area contributed by atoms with E-state index in [0.29, 0.717) is 10.8 Å². The van der Waals surface area contributed by atoms with Crippen LogP contribution in [0.3, 0.4) is 0 Å². The Morgan fingerprint density at radius 1 is 1.50 bits per heavy atom. The van der Waals surface area contributed by atoms with Crippen molar-refractivity contribution in [2.75, 3.05) is 0 Å². The minimum atomic E-state index is -0.407. The molecular formula is C11H13ClO2. The number of hydrogen-bond donors (Lipinski definition) is 0. The number of carbonyl (C=O) groups excluding carboxylic acids is 1. The fourth-order valence-electron chi connectivity index (χ4n) is 0.978. The molecule has 0 amide bonds. The van der Waals surface area contributed by atoms with Crippen molar-refractivity contribution in [1.82, 2.24) is 0 Å². The van der Waals surface area contributed by atoms with E-state index in [4.69, 9.17) is 16.3 Å². The molecule has 1 aromatic carbocycles. The normalized spacial score (nSPS) is 12.3. The summed E-state index contributed by atoms with van der Waals surface area (Å²) < 4.78 is 5.40. The third-order valence-electron chi connectivity index (χ3n) is 2.01. The van der Waals surface area contributed by atoms with Gasteiger partial charge in [0.25, 0.3) is 0 Å². The van der Waals surface area contributed by atoms with Crippen LogP contribution in [0.15, 0.2) is 18.2 Å². The van der Waals surface area contributed by atoms with E-state index in [1.54, 1.807) is 19.1 Å². The molecule has 2 nitrogen and oxygen atoms in total. The lowest BCUT2D eigenvalue weighted by Crippen LogP contribution is -2.20. The number of ketones is 1. The summed E-state index contributed by atoms with van der Waals surface area (Å²) in [5, 5.41) is 0.702. The Morgan fingerprint density at radius 2 is 2.14 bits per heavy atom. The number of Topliss-reactive ketones (excluding diaryl/α,β-unsaturated/α-hetero) is 1. The maximum atomic E-state index is 10.9. The van der Waals surface area contributed by atoms with Crippen molar-refractivity contribution in [3.63, 3.8) is 0 Å². The van der Waals surface area contributed by atoms with Gasteiger partial charge < -0.3 is 4.74 Å². The van der Waals surface area contributed by atoms with Crippen molar-refractivity contribution in [3.8, 4) is 5.75 Å². The Labute approximate surface area is 88.8 Å². The molecule has 1 atom stereocenters. The zero-order valence-corrected chi connectivity index (χ0v) is 9.26. The third-order valence-corrected chi connectivity index (χ3v) is 2.44. The summed E-state index contributed by atoms with van der Waals surface area (Å²) in [6.07, 6.45) is -0.407. The molecule has 0 aliphatic rings. The van der Waals surface area contributed by atoms with Crippen molar-refractivity contribution in [3.05, 3.63) is 28.8 Å². The van der Waals surface area contributed by atoms with E-state index < -0.39 is 6.10 Å². The van der Waals surface area contributed by atoms with Crippen LogP contribution in [0.2, 0.25) is 5.02 Å². The zero-order chi connectivity index (χ0) is 10.7. The molecule has 1 rings (SSSR count). The molecule has 0 spiro atoms. The maximum Gasteiger partial charge on any atom is 0.169 e. The molecule has 1 aromatic rings. The molecule has 1 unspecified atom stereocenters. The maximum absolute atomic E-state index is 10.9. The quantitative estimate of drug-likeness (QED) is 0.770. The van der Waals surface area contributed by atoms with Crippen LogP contribution in [0.25, 0.3) is 0 Å². The number of aryl methyl sites for hydroxylation is 1. The Hall–Kier alpha value is -1.02. The molecule has 0 aliphatic heterocycles. The van der Waals surface area contributed by atoms with Gasteiger partial charge in [-0.25, -0.2) is 0 Å². The molecule has 0 heterocycles. The van der Waals surface area contributed by atoms with Gasteiger partial charge in [0.15, 0.2) is 11.9 Å². The molecule has 14 heavy (non-hydrogen) atoms. The molecule has 0 bridgehead atoms. The first kappa shape index (κ1) is 11.1. The summed E-state index contributed by atoms with van der Waals surface area (Å²) in [6, 6.07) is 5.34. The highest BCUT2D eigenvalue weighted by atomic mass is 35.5. The molecular weight excluding hydrogens is 200 g/mol. The monoisotopic (exact) mass is 212 g/mol. The Kier molecular flexibility index (Phi) is 3.53. The molecule has 0 saturated heterocycles. The number of carbonyl (C=O) groups is 1. The molecule has 0 N–H and O–H groups in total. The molecule has 0 saturated carbocycles. The van der Waals surface area contributed by atoms with Crippen molar-refractivity contribution in [1.29, 1.82) is 0 Å². The predicted octanol–water partition coefficient (Wildman–Crippen LogP) is 3.00. The average Bonchev–Trinajstić information content (AvgIpc) is 2.11. The summed E-state index contributed by atoms with van der Waals surface area (Å²) in [5.74, 6) is 0.687. The van der Waals surface area contributed by atoms with Gasteiger partial charge in [0.1, 0.15) is 5.75 Å². The molecule has 0 radical (unpaired) electrons. The van der Waals surface area contributed by atoms with Gasteiger partial charge in [-0.2, -0.15) is 0 Å². The van der Waals surface area contributed by atoms with E-state index in [-0.39, 0.29) is 5.78 Å². The van der Waals surface area contributed by atoms with Crippen LogP contribution in [0.4, 0.5) is 0 Å². The predicted molar refractivity (Wildman–Crippen MR) is 57.0 cm³/mol. The van der Waals surface area contributed by atoms with Crippen LogP contribution in [0, 0.1) is 6.92 Å². The second-order valence-electron chi connectivity index (χ2n) is 3.28. The molecule has 0 aliphatic carbocycles. The van der Waals surface area contributed by atoms with Crippen molar-refractivity contribution in [2.24, 2.45) is 0 Å². The third kappa shape index (κ3) is 2.74. The van der Waals surface area contributed by atoms with Crippen molar-refractivity contribution in [2.45, 2.75) is 26.9 Å². The van der Waals surface area contributed by atoms with Crippen LogP contribution in [0.5, 0.6) is 5.75 Å². The lowest BCUT2D eigenvalue weighted by molar-refractivity contribution is -0.122. The van der Waals surface area contributed by atoms with E-state index >= 15 is 0 Å². The number of hydrogen-bond acceptors (Lipinski definition) is 2. The summed E-state index contributed by atoms with van der Waals surface area (Å²) >= 11 is 5.86. The molecule has 0 aromatic heterocycles. The van der Waals surface area contributed by atoms with Crippen LogP contribution in [-0.2, 0) is 4.79 Å². The largest absolute Gasteiger partial charge is 0.483 e. The number of rotatable bonds is 3. The fraction of sp³-hybridized carbons (Fsp3) is 0.364. The zero-order valence-electron chi connectivity index (χ0n) is 8.50. The molecule has 3 heteroatoms. The van der Waals surface area contributed by atoms with Crippen LogP contribution >= 0.6 is 11.6 Å². The second kappa shape index (κ2) is 4.47. The highest BCUT2D eigenvalue weighted by Gasteiger charge is 2.09. The second-order valence-corrected chi connectivity index (χ2v) is 3.69. The lowest BCUT2D eigenvalue weighted by atomic mass is 10.2. The van der Waals surface area contributed by atoms with Gasteiger partial charge in [0.05, 0.1) is 0 Å². The van der Waals surface area contributed by atoms with Crippen LogP contribution in [0.1, 0.15) is 19.4 Å². The van der Waals surface area contributed by atoms with Gasteiger partial charge in [0, 0.05) is 5.02 Å². The number of benzene rings is 1. The fourth-order valence-corrected chi connectivity index (χ4v) is 1.10. The van der Waals surface area contributed by atoms with E-state index in [1.807, 2.05) is 13.0 Å². The highest BCUT2D eigenvalue weighted by Crippen LogP contribution is 2.21. The summed E-state index contributed by atoms with van der Waals surface area (Å²) in [5.41, 5.74) is 0.944. The van der Waals surface area contributed by atoms with Gasteiger partial charge >= 0.3 is 0 Å². The Balaban J connectivity index is 2.78. The highest BCUT2D eigenvalue weighted by molar-refractivity contribution is 6.31. The first-order valence-corrected chi connectivity index (χ1v) is 4.81. The number of ether oxygens (including phenoxy) is 1. The van der Waals surface area contributed by atoms with Crippen LogP contribution < -0.4 is 4.74 Å². The molecule has 0 fully saturated rings. The summed E-state index contributed by atoms with van der Waals surface area (Å²) in [6.45, 7) is 5.13. The topological polar surface area (TPSA) is 26.3 Å². The van der Waals surface area contributed by atoms with Gasteiger partial charge in [0.2, 0.25) is 0 Å². The van der Waals surface area contributed by atoms with E-state index in [2.05, 4.69) is 0 Å². The SMILES string of the molecule is CC(=O)C(C)Oc1ccc(Cl)c(C)c1. The van der Waals surface area contributed by atoms with Gasteiger partial charge in [-0.3, -0.25) is 4.79 Å². The summed E-state index contributed by atoms with van der Waals surface area (Å²) in [4.78, 5) is 10.9. The smallest absolute Gasteiger partial charge is 0.169 e. The average molecular weight is 213 g/mol. The van der Waals surface area contributed by atoms with E-state index in [9.17, 15) is 4.79 Å². The van der Waals surface area contributed by atoms with Crippen molar-refractivity contribution < 1.29 is 9.53 Å². The first-order valence-electron chi connectivity index (χ1n) is 4.44. The van der Waals surface area contributed by atoms with E-state index in [1.165, 1.54) is 6.92 Å². The minimum Gasteiger partial charge on any atom is -0.483 e. The standard InChI is InChI=1S/C11H13ClO2/c1-7-6-10(4-5-11(7)12)14-9(3)8(2)13/h4-6,9H,1-3H3. The Morgan fingerprint density at radius 3 is 2.64 bits per heavy atom. The first-order chi connectivity index (χ1) is 6.50. The Bertz CT molecular complexity index is 347. The lowest BCUT2D eigenvalue weighted by Gasteiger charge is -2.12.